The van der Waals surface area contributed by atoms with Gasteiger partial charge in [0.25, 0.3) is 0 Å². The number of alkyl carbamates (subject to hydrolysis) is 1. The Kier molecular flexibility index (Phi) is 8.45. The molecule has 1 N–H and O–H groups in total. The number of Topliss-reactive ketones (excluding diaryl/α,β-unsaturated/α-hetero) is 1. The van der Waals surface area contributed by atoms with Crippen molar-refractivity contribution >= 4 is 17.8 Å². The summed E-state index contributed by atoms with van der Waals surface area (Å²) in [5.41, 5.74) is 2.45. The van der Waals surface area contributed by atoms with Crippen molar-refractivity contribution in [3.05, 3.63) is 101 Å². The Hall–Kier alpha value is -4.07. The molecule has 7 nitrogen and oxygen atoms in total. The molecule has 2 aromatic carbocycles. The molecule has 1 unspecified atom stereocenters. The SMILES string of the molecule is Cc1cccc(C(=O)C(c2ccnc(F)c2)N(C)C(=O)CCNC(=O)OCc2ccccc2)c1. The Balaban J connectivity index is 1.64. The molecule has 34 heavy (non-hydrogen) atoms. The van der Waals surface area contributed by atoms with Crippen molar-refractivity contribution in [1.82, 2.24) is 15.2 Å². The molecule has 1 aromatic heterocycles. The van der Waals surface area contributed by atoms with Crippen molar-refractivity contribution in [3.63, 3.8) is 0 Å². The number of benzene rings is 2. The van der Waals surface area contributed by atoms with Crippen LogP contribution in [0.1, 0.15) is 39.5 Å². The third kappa shape index (κ3) is 6.71. The van der Waals surface area contributed by atoms with Gasteiger partial charge < -0.3 is 15.0 Å². The van der Waals surface area contributed by atoms with Gasteiger partial charge in [-0.1, -0.05) is 54.1 Å². The molecule has 3 rings (SSSR count). The average molecular weight is 464 g/mol. The van der Waals surface area contributed by atoms with Gasteiger partial charge in [0.2, 0.25) is 11.9 Å². The van der Waals surface area contributed by atoms with Crippen LogP contribution in [0.4, 0.5) is 9.18 Å². The Bertz CT molecular complexity index is 1150. The zero-order chi connectivity index (χ0) is 24.5. The molecule has 0 aliphatic rings. The third-order valence-corrected chi connectivity index (χ3v) is 5.22. The van der Waals surface area contributed by atoms with E-state index in [2.05, 4.69) is 10.3 Å². The summed E-state index contributed by atoms with van der Waals surface area (Å²) in [4.78, 5) is 42.9. The number of likely N-dealkylation sites (N-methyl/N-ethyl adjacent to an activating group) is 1. The number of pyridine rings is 1. The Labute approximate surface area is 197 Å². The molecule has 2 amide bonds. The maximum Gasteiger partial charge on any atom is 0.407 e. The summed E-state index contributed by atoms with van der Waals surface area (Å²) in [5, 5.41) is 2.53. The van der Waals surface area contributed by atoms with Crippen LogP contribution < -0.4 is 5.32 Å². The summed E-state index contributed by atoms with van der Waals surface area (Å²) in [5.74, 6) is -1.49. The first-order chi connectivity index (χ1) is 16.3. The predicted molar refractivity (Wildman–Crippen MR) is 124 cm³/mol. The fourth-order valence-corrected chi connectivity index (χ4v) is 3.46. The number of hydrogen-bond acceptors (Lipinski definition) is 5. The van der Waals surface area contributed by atoms with E-state index in [1.54, 1.807) is 18.2 Å². The van der Waals surface area contributed by atoms with Gasteiger partial charge in [0.05, 0.1) is 0 Å². The van der Waals surface area contributed by atoms with E-state index in [4.69, 9.17) is 4.74 Å². The summed E-state index contributed by atoms with van der Waals surface area (Å²) in [7, 11) is 1.48. The molecular formula is C26H26FN3O4. The number of aromatic nitrogens is 1. The van der Waals surface area contributed by atoms with Crippen molar-refractivity contribution in [2.45, 2.75) is 26.0 Å². The van der Waals surface area contributed by atoms with Crippen LogP contribution in [0, 0.1) is 12.9 Å². The van der Waals surface area contributed by atoms with Crippen molar-refractivity contribution in [3.8, 4) is 0 Å². The number of ketones is 1. The second kappa shape index (κ2) is 11.7. The molecule has 176 valence electrons. The molecule has 0 bridgehead atoms. The number of nitrogens with one attached hydrogen (secondary N) is 1. The number of rotatable bonds is 9. The fraction of sp³-hybridized carbons (Fsp3) is 0.231. The standard InChI is InChI=1S/C26H26FN3O4/c1-18-7-6-10-21(15-18)25(32)24(20-11-13-28-22(27)16-20)30(2)23(31)12-14-29-26(33)34-17-19-8-4-3-5-9-19/h3-11,13,15-16,24H,12,14,17H2,1-2H3,(H,29,33). The Morgan fingerprint density at radius 2 is 1.82 bits per heavy atom. The van der Waals surface area contributed by atoms with E-state index in [9.17, 15) is 18.8 Å². The molecule has 0 radical (unpaired) electrons. The van der Waals surface area contributed by atoms with Gasteiger partial charge in [-0.15, -0.1) is 0 Å². The first-order valence-electron chi connectivity index (χ1n) is 10.8. The van der Waals surface area contributed by atoms with Crippen LogP contribution in [0.3, 0.4) is 0 Å². The summed E-state index contributed by atoms with van der Waals surface area (Å²) in [6.07, 6.45) is 0.536. The van der Waals surface area contributed by atoms with E-state index in [0.29, 0.717) is 11.1 Å². The van der Waals surface area contributed by atoms with E-state index in [1.807, 2.05) is 43.3 Å². The molecule has 0 saturated carbocycles. The van der Waals surface area contributed by atoms with Crippen LogP contribution in [0.25, 0.3) is 0 Å². The van der Waals surface area contributed by atoms with Crippen LogP contribution in [0.2, 0.25) is 0 Å². The fourth-order valence-electron chi connectivity index (χ4n) is 3.46. The average Bonchev–Trinajstić information content (AvgIpc) is 2.83. The van der Waals surface area contributed by atoms with E-state index < -0.39 is 24.0 Å². The number of carbonyl (C=O) groups is 3. The summed E-state index contributed by atoms with van der Waals surface area (Å²) < 4.78 is 19.0. The summed E-state index contributed by atoms with van der Waals surface area (Å²) >= 11 is 0. The lowest BCUT2D eigenvalue weighted by Gasteiger charge is -2.28. The van der Waals surface area contributed by atoms with Crippen LogP contribution in [-0.2, 0) is 16.1 Å². The highest BCUT2D eigenvalue weighted by molar-refractivity contribution is 6.02. The van der Waals surface area contributed by atoms with Gasteiger partial charge in [0, 0.05) is 31.8 Å². The van der Waals surface area contributed by atoms with E-state index >= 15 is 0 Å². The second-order valence-electron chi connectivity index (χ2n) is 7.79. The minimum Gasteiger partial charge on any atom is -0.445 e. The van der Waals surface area contributed by atoms with Crippen molar-refractivity contribution in [2.75, 3.05) is 13.6 Å². The Morgan fingerprint density at radius 1 is 1.06 bits per heavy atom. The van der Waals surface area contributed by atoms with Gasteiger partial charge in [0.15, 0.2) is 5.78 Å². The number of carbonyl (C=O) groups excluding carboxylic acids is 3. The largest absolute Gasteiger partial charge is 0.445 e. The molecule has 0 aliphatic heterocycles. The molecule has 0 aliphatic carbocycles. The number of aryl methyl sites for hydroxylation is 1. The van der Waals surface area contributed by atoms with Gasteiger partial charge in [-0.25, -0.2) is 9.78 Å². The van der Waals surface area contributed by atoms with Gasteiger partial charge >= 0.3 is 6.09 Å². The highest BCUT2D eigenvalue weighted by Crippen LogP contribution is 2.25. The first kappa shape index (κ1) is 24.6. The second-order valence-corrected chi connectivity index (χ2v) is 7.79. The Morgan fingerprint density at radius 3 is 2.53 bits per heavy atom. The lowest BCUT2D eigenvalue weighted by atomic mass is 9.95. The topological polar surface area (TPSA) is 88.6 Å². The number of hydrogen-bond donors (Lipinski definition) is 1. The van der Waals surface area contributed by atoms with Crippen LogP contribution in [-0.4, -0.2) is 41.3 Å². The van der Waals surface area contributed by atoms with Crippen LogP contribution in [0.5, 0.6) is 0 Å². The van der Waals surface area contributed by atoms with E-state index in [-0.39, 0.29) is 25.4 Å². The first-order valence-corrected chi connectivity index (χ1v) is 10.8. The van der Waals surface area contributed by atoms with E-state index in [1.165, 1.54) is 24.2 Å². The van der Waals surface area contributed by atoms with Gasteiger partial charge in [-0.05, 0) is 36.2 Å². The molecule has 1 atom stereocenters. The molecule has 8 heteroatoms. The summed E-state index contributed by atoms with van der Waals surface area (Å²) in [6.45, 7) is 1.99. The minimum atomic E-state index is -1.04. The predicted octanol–water partition coefficient (Wildman–Crippen LogP) is 4.23. The summed E-state index contributed by atoms with van der Waals surface area (Å²) in [6, 6.07) is 17.8. The van der Waals surface area contributed by atoms with Crippen LogP contribution in [0.15, 0.2) is 72.9 Å². The quantitative estimate of drug-likeness (QED) is 0.379. The number of halogens is 1. The maximum absolute atomic E-state index is 13.8. The monoisotopic (exact) mass is 463 g/mol. The van der Waals surface area contributed by atoms with Crippen molar-refractivity contribution in [1.29, 1.82) is 0 Å². The smallest absolute Gasteiger partial charge is 0.407 e. The maximum atomic E-state index is 13.8. The van der Waals surface area contributed by atoms with Crippen molar-refractivity contribution < 1.29 is 23.5 Å². The number of ether oxygens (including phenoxy) is 1. The zero-order valence-corrected chi connectivity index (χ0v) is 19.0. The minimum absolute atomic E-state index is 0.0207. The van der Waals surface area contributed by atoms with Crippen molar-refractivity contribution in [2.24, 2.45) is 0 Å². The molecule has 0 spiro atoms. The molecule has 3 aromatic rings. The molecular weight excluding hydrogens is 437 g/mol. The normalized spacial score (nSPS) is 11.4. The van der Waals surface area contributed by atoms with E-state index in [0.717, 1.165) is 17.2 Å². The molecule has 0 saturated heterocycles. The highest BCUT2D eigenvalue weighted by atomic mass is 19.1. The lowest BCUT2D eigenvalue weighted by molar-refractivity contribution is -0.131. The van der Waals surface area contributed by atoms with Gasteiger partial charge in [0.1, 0.15) is 12.6 Å². The third-order valence-electron chi connectivity index (χ3n) is 5.22. The highest BCUT2D eigenvalue weighted by Gasteiger charge is 2.30. The zero-order valence-electron chi connectivity index (χ0n) is 19.0. The van der Waals surface area contributed by atoms with Gasteiger partial charge in [-0.2, -0.15) is 4.39 Å². The number of amides is 2. The van der Waals surface area contributed by atoms with Crippen LogP contribution >= 0.6 is 0 Å². The lowest BCUT2D eigenvalue weighted by Crippen LogP contribution is -2.38. The molecule has 0 fully saturated rings. The number of nitrogens with zero attached hydrogens (tertiary/aromatic N) is 2. The molecule has 1 heterocycles. The van der Waals surface area contributed by atoms with Gasteiger partial charge in [-0.3, -0.25) is 9.59 Å².